The van der Waals surface area contributed by atoms with E-state index in [1.807, 2.05) is 38.1 Å². The van der Waals surface area contributed by atoms with Crippen molar-refractivity contribution < 1.29 is 13.9 Å². The van der Waals surface area contributed by atoms with Gasteiger partial charge in [-0.3, -0.25) is 4.79 Å². The van der Waals surface area contributed by atoms with Gasteiger partial charge >= 0.3 is 0 Å². The van der Waals surface area contributed by atoms with Gasteiger partial charge in [0.25, 0.3) is 0 Å². The summed E-state index contributed by atoms with van der Waals surface area (Å²) in [5, 5.41) is 3.56. The van der Waals surface area contributed by atoms with Gasteiger partial charge in [0.15, 0.2) is 5.13 Å². The number of hydrogen-bond acceptors (Lipinski definition) is 5. The number of rotatable bonds is 4. The Hall–Kier alpha value is -3.12. The van der Waals surface area contributed by atoms with Crippen molar-refractivity contribution in [1.29, 1.82) is 0 Å². The van der Waals surface area contributed by atoms with Gasteiger partial charge < -0.3 is 14.5 Å². The molecule has 3 heterocycles. The minimum absolute atomic E-state index is 0.0740. The number of nitrogens with zero attached hydrogens (tertiary/aromatic N) is 1. The fourth-order valence-corrected chi connectivity index (χ4v) is 4.69. The number of aromatic nitrogens is 1. The number of anilines is 1. The van der Waals surface area contributed by atoms with Crippen LogP contribution in [0.1, 0.15) is 22.5 Å². The summed E-state index contributed by atoms with van der Waals surface area (Å²) in [6.45, 7) is 4.69. The first kappa shape index (κ1) is 17.9. The Morgan fingerprint density at radius 2 is 2.07 bits per heavy atom. The number of benzene rings is 2. The van der Waals surface area contributed by atoms with E-state index in [0.29, 0.717) is 18.2 Å². The molecule has 1 aliphatic rings. The molecule has 0 unspecified atom stereocenters. The zero-order valence-electron chi connectivity index (χ0n) is 16.2. The normalized spacial score (nSPS) is 12.8. The van der Waals surface area contributed by atoms with Crippen LogP contribution in [0.15, 0.2) is 46.9 Å². The quantitative estimate of drug-likeness (QED) is 0.502. The predicted octanol–water partition coefficient (Wildman–Crippen LogP) is 5.29. The average molecular weight is 404 g/mol. The topological polar surface area (TPSA) is 64.4 Å². The number of aryl methyl sites for hydroxylation is 2. The number of thiazole rings is 1. The highest BCUT2D eigenvalue weighted by Crippen LogP contribution is 2.35. The van der Waals surface area contributed by atoms with Gasteiger partial charge in [-0.1, -0.05) is 23.5 Å². The Balaban J connectivity index is 1.40. The van der Waals surface area contributed by atoms with Crippen LogP contribution >= 0.6 is 11.3 Å². The second kappa shape index (κ2) is 7.04. The van der Waals surface area contributed by atoms with E-state index in [1.165, 1.54) is 16.9 Å². The Bertz CT molecular complexity index is 1240. The van der Waals surface area contributed by atoms with E-state index in [-0.39, 0.29) is 5.91 Å². The summed E-state index contributed by atoms with van der Waals surface area (Å²) in [6, 6.07) is 14.0. The molecule has 5 rings (SSSR count). The third-order valence-electron chi connectivity index (χ3n) is 5.01. The van der Waals surface area contributed by atoms with Crippen molar-refractivity contribution in [2.24, 2.45) is 0 Å². The number of ether oxygens (including phenoxy) is 1. The van der Waals surface area contributed by atoms with Crippen LogP contribution < -0.4 is 10.1 Å². The van der Waals surface area contributed by atoms with Gasteiger partial charge in [-0.05, 0) is 60.9 Å². The third kappa shape index (κ3) is 3.51. The lowest BCUT2D eigenvalue weighted by atomic mass is 10.1. The van der Waals surface area contributed by atoms with Crippen molar-refractivity contribution in [3.8, 4) is 17.1 Å². The molecule has 2 aromatic heterocycles. The van der Waals surface area contributed by atoms with E-state index >= 15 is 0 Å². The van der Waals surface area contributed by atoms with Gasteiger partial charge in [-0.25, -0.2) is 4.98 Å². The molecule has 0 fully saturated rings. The van der Waals surface area contributed by atoms with Crippen molar-refractivity contribution >= 4 is 32.6 Å². The summed E-state index contributed by atoms with van der Waals surface area (Å²) in [4.78, 5) is 17.3. The monoisotopic (exact) mass is 404 g/mol. The zero-order valence-corrected chi connectivity index (χ0v) is 17.1. The third-order valence-corrected chi connectivity index (χ3v) is 5.93. The molecule has 0 atom stereocenters. The number of amides is 1. The number of nitrogens with one attached hydrogen (secondary N) is 1. The molecule has 4 aromatic rings. The standard InChI is InChI=1S/C23H20N2O3S/c1-13-9-17(19-5-3-14(2)28-19)22-20(10-13)29-23(25-22)24-21(26)12-15-4-6-18-16(11-15)7-8-27-18/h3-6,9-11H,7-8,12H2,1-2H3,(H,24,25,26). The summed E-state index contributed by atoms with van der Waals surface area (Å²) in [6.07, 6.45) is 1.21. The molecule has 6 heteroatoms. The Labute approximate surface area is 172 Å². The fraction of sp³-hybridized carbons (Fsp3) is 0.217. The molecule has 0 saturated heterocycles. The molecule has 1 aliphatic heterocycles. The lowest BCUT2D eigenvalue weighted by Gasteiger charge is -2.04. The summed E-state index contributed by atoms with van der Waals surface area (Å²) in [5.74, 6) is 2.50. The molecule has 1 amide bonds. The molecule has 1 N–H and O–H groups in total. The molecular weight excluding hydrogens is 384 g/mol. The Morgan fingerprint density at radius 1 is 1.17 bits per heavy atom. The van der Waals surface area contributed by atoms with Crippen LogP contribution in [0.3, 0.4) is 0 Å². The first-order chi connectivity index (χ1) is 14.0. The minimum Gasteiger partial charge on any atom is -0.493 e. The molecular formula is C23H20N2O3S. The largest absolute Gasteiger partial charge is 0.493 e. The van der Waals surface area contributed by atoms with Gasteiger partial charge in [0.1, 0.15) is 17.3 Å². The minimum atomic E-state index is -0.0740. The molecule has 2 aromatic carbocycles. The van der Waals surface area contributed by atoms with Crippen molar-refractivity contribution in [3.05, 3.63) is 64.9 Å². The molecule has 0 aliphatic carbocycles. The summed E-state index contributed by atoms with van der Waals surface area (Å²) in [5.41, 5.74) is 5.08. The Morgan fingerprint density at radius 3 is 2.90 bits per heavy atom. The van der Waals surface area contributed by atoms with E-state index in [9.17, 15) is 4.79 Å². The lowest BCUT2D eigenvalue weighted by Crippen LogP contribution is -2.14. The van der Waals surface area contributed by atoms with Gasteiger partial charge in [0, 0.05) is 12.0 Å². The summed E-state index contributed by atoms with van der Waals surface area (Å²) < 4.78 is 12.4. The highest BCUT2D eigenvalue weighted by molar-refractivity contribution is 7.22. The Kier molecular flexibility index (Phi) is 4.36. The molecule has 0 radical (unpaired) electrons. The second-order valence-electron chi connectivity index (χ2n) is 7.35. The number of furan rings is 1. The molecule has 0 saturated carbocycles. The first-order valence-corrected chi connectivity index (χ1v) is 10.4. The van der Waals surface area contributed by atoms with Crippen LogP contribution in [0.5, 0.6) is 5.75 Å². The number of hydrogen-bond donors (Lipinski definition) is 1. The van der Waals surface area contributed by atoms with Crippen molar-refractivity contribution in [1.82, 2.24) is 4.98 Å². The van der Waals surface area contributed by atoms with Crippen LogP contribution in [0, 0.1) is 13.8 Å². The smallest absolute Gasteiger partial charge is 0.230 e. The van der Waals surface area contributed by atoms with Crippen molar-refractivity contribution in [2.75, 3.05) is 11.9 Å². The molecule has 0 spiro atoms. The molecule has 5 nitrogen and oxygen atoms in total. The zero-order chi connectivity index (χ0) is 20.0. The van der Waals surface area contributed by atoms with E-state index in [2.05, 4.69) is 28.5 Å². The maximum absolute atomic E-state index is 12.6. The SMILES string of the molecule is Cc1cc(-c2ccc(C)o2)c2nc(NC(=O)Cc3ccc4c(c3)CCO4)sc2c1. The van der Waals surface area contributed by atoms with Gasteiger partial charge in [0.2, 0.25) is 5.91 Å². The van der Waals surface area contributed by atoms with Crippen molar-refractivity contribution in [3.63, 3.8) is 0 Å². The number of carbonyl (C=O) groups is 1. The average Bonchev–Trinajstić information content (AvgIpc) is 3.39. The van der Waals surface area contributed by atoms with Gasteiger partial charge in [-0.2, -0.15) is 0 Å². The van der Waals surface area contributed by atoms with Crippen molar-refractivity contribution in [2.45, 2.75) is 26.7 Å². The fourth-order valence-electron chi connectivity index (χ4n) is 3.69. The van der Waals surface area contributed by atoms with Crippen LogP contribution in [0.2, 0.25) is 0 Å². The predicted molar refractivity (Wildman–Crippen MR) is 115 cm³/mol. The lowest BCUT2D eigenvalue weighted by molar-refractivity contribution is -0.115. The van der Waals surface area contributed by atoms with Crippen LogP contribution in [0.25, 0.3) is 21.5 Å². The highest BCUT2D eigenvalue weighted by Gasteiger charge is 2.16. The second-order valence-corrected chi connectivity index (χ2v) is 8.38. The van der Waals surface area contributed by atoms with E-state index in [0.717, 1.165) is 50.6 Å². The van der Waals surface area contributed by atoms with Crippen LogP contribution in [-0.4, -0.2) is 17.5 Å². The molecule has 0 bridgehead atoms. The maximum Gasteiger partial charge on any atom is 0.230 e. The molecule has 29 heavy (non-hydrogen) atoms. The first-order valence-electron chi connectivity index (χ1n) is 9.57. The van der Waals surface area contributed by atoms with E-state index in [4.69, 9.17) is 9.15 Å². The summed E-state index contributed by atoms with van der Waals surface area (Å²) >= 11 is 1.48. The highest BCUT2D eigenvalue weighted by atomic mass is 32.1. The van der Waals surface area contributed by atoms with Gasteiger partial charge in [0.05, 0.1) is 23.2 Å². The van der Waals surface area contributed by atoms with Crippen LogP contribution in [-0.2, 0) is 17.6 Å². The summed E-state index contributed by atoms with van der Waals surface area (Å²) in [7, 11) is 0. The number of carbonyl (C=O) groups excluding carboxylic acids is 1. The van der Waals surface area contributed by atoms with E-state index < -0.39 is 0 Å². The van der Waals surface area contributed by atoms with Crippen LogP contribution in [0.4, 0.5) is 5.13 Å². The molecule has 146 valence electrons. The number of fused-ring (bicyclic) bond motifs is 2. The van der Waals surface area contributed by atoms with Gasteiger partial charge in [-0.15, -0.1) is 0 Å². The van der Waals surface area contributed by atoms with E-state index in [1.54, 1.807) is 0 Å². The maximum atomic E-state index is 12.6.